The predicted molar refractivity (Wildman–Crippen MR) is 96.8 cm³/mol. The highest BCUT2D eigenvalue weighted by molar-refractivity contribution is 7.17. The summed E-state index contributed by atoms with van der Waals surface area (Å²) in [5, 5.41) is 7.27. The molecule has 6 heteroatoms. The fourth-order valence-corrected chi connectivity index (χ4v) is 3.81. The van der Waals surface area contributed by atoms with Gasteiger partial charge in [0.2, 0.25) is 0 Å². The summed E-state index contributed by atoms with van der Waals surface area (Å²) in [4.78, 5) is 17.7. The molecule has 2 aromatic rings. The first-order valence-corrected chi connectivity index (χ1v) is 9.21. The molecule has 1 fully saturated rings. The minimum absolute atomic E-state index is 0.0316. The molecule has 1 aromatic heterocycles. The van der Waals surface area contributed by atoms with Gasteiger partial charge in [0.15, 0.2) is 0 Å². The van der Waals surface area contributed by atoms with Crippen molar-refractivity contribution in [1.82, 2.24) is 15.6 Å². The van der Waals surface area contributed by atoms with Gasteiger partial charge in [0.05, 0.1) is 12.3 Å². The zero-order chi connectivity index (χ0) is 16.9. The maximum Gasteiger partial charge on any atom is 0.263 e. The zero-order valence-corrected chi connectivity index (χ0v) is 14.9. The summed E-state index contributed by atoms with van der Waals surface area (Å²) in [6, 6.07) is 8.22. The van der Waals surface area contributed by atoms with Crippen molar-refractivity contribution >= 4 is 17.2 Å². The first-order chi connectivity index (χ1) is 11.7. The van der Waals surface area contributed by atoms with E-state index >= 15 is 0 Å². The molecule has 1 saturated heterocycles. The molecular weight excluding hydrogens is 322 g/mol. The molecule has 2 N–H and O–H groups in total. The number of ether oxygens (including phenoxy) is 1. The Kier molecular flexibility index (Phi) is 5.48. The second-order valence-electron chi connectivity index (χ2n) is 5.89. The lowest BCUT2D eigenvalue weighted by Gasteiger charge is -2.10. The van der Waals surface area contributed by atoms with Crippen LogP contribution in [0, 0.1) is 6.92 Å². The Hall–Kier alpha value is -1.92. The third-order valence-corrected chi connectivity index (χ3v) is 5.29. The Morgan fingerprint density at radius 3 is 2.88 bits per heavy atom. The topological polar surface area (TPSA) is 63.2 Å². The molecule has 1 aliphatic rings. The van der Waals surface area contributed by atoms with Crippen LogP contribution in [0.5, 0.6) is 5.75 Å². The van der Waals surface area contributed by atoms with Gasteiger partial charge in [-0.1, -0.05) is 0 Å². The zero-order valence-electron chi connectivity index (χ0n) is 14.1. The van der Waals surface area contributed by atoms with Gasteiger partial charge in [-0.25, -0.2) is 4.98 Å². The van der Waals surface area contributed by atoms with Crippen molar-refractivity contribution in [2.45, 2.75) is 32.7 Å². The van der Waals surface area contributed by atoms with E-state index < -0.39 is 0 Å². The van der Waals surface area contributed by atoms with E-state index in [2.05, 4.69) is 15.6 Å². The van der Waals surface area contributed by atoms with Gasteiger partial charge >= 0.3 is 0 Å². The molecule has 24 heavy (non-hydrogen) atoms. The Morgan fingerprint density at radius 2 is 2.21 bits per heavy atom. The molecule has 3 rings (SSSR count). The quantitative estimate of drug-likeness (QED) is 0.845. The number of aromatic nitrogens is 1. The van der Waals surface area contributed by atoms with Gasteiger partial charge in [-0.05, 0) is 57.5 Å². The molecule has 0 radical (unpaired) electrons. The van der Waals surface area contributed by atoms with Gasteiger partial charge in [0.1, 0.15) is 15.6 Å². The number of aryl methyl sites for hydroxylation is 1. The lowest BCUT2D eigenvalue weighted by Crippen LogP contribution is -2.37. The van der Waals surface area contributed by atoms with E-state index in [1.165, 1.54) is 17.8 Å². The van der Waals surface area contributed by atoms with Gasteiger partial charge in [-0.15, -0.1) is 11.3 Å². The van der Waals surface area contributed by atoms with Crippen LogP contribution in [-0.4, -0.2) is 36.6 Å². The number of amides is 1. The van der Waals surface area contributed by atoms with Crippen LogP contribution >= 0.6 is 11.3 Å². The van der Waals surface area contributed by atoms with Gasteiger partial charge in [-0.3, -0.25) is 4.79 Å². The molecular formula is C18H23N3O2S. The molecule has 1 atom stereocenters. The highest BCUT2D eigenvalue weighted by Crippen LogP contribution is 2.29. The van der Waals surface area contributed by atoms with Gasteiger partial charge in [0.25, 0.3) is 5.91 Å². The molecule has 0 bridgehead atoms. The highest BCUT2D eigenvalue weighted by Gasteiger charge is 2.19. The first kappa shape index (κ1) is 16.9. The third kappa shape index (κ3) is 3.94. The predicted octanol–water partition coefficient (Wildman–Crippen LogP) is 3.00. The van der Waals surface area contributed by atoms with Crippen LogP contribution in [-0.2, 0) is 0 Å². The minimum atomic E-state index is -0.0316. The Labute approximate surface area is 146 Å². The molecule has 5 nitrogen and oxygen atoms in total. The number of nitrogens with one attached hydrogen (secondary N) is 2. The molecule has 1 aliphatic heterocycles. The molecule has 2 heterocycles. The van der Waals surface area contributed by atoms with Crippen molar-refractivity contribution < 1.29 is 9.53 Å². The number of thiazole rings is 1. The van der Waals surface area contributed by atoms with Crippen molar-refractivity contribution in [1.29, 1.82) is 0 Å². The Balaban J connectivity index is 1.68. The van der Waals surface area contributed by atoms with Crippen molar-refractivity contribution in [3.63, 3.8) is 0 Å². The van der Waals surface area contributed by atoms with Crippen LogP contribution in [0.25, 0.3) is 10.6 Å². The van der Waals surface area contributed by atoms with Crippen LogP contribution in [0.1, 0.15) is 35.1 Å². The maximum absolute atomic E-state index is 12.4. The number of rotatable bonds is 6. The van der Waals surface area contributed by atoms with E-state index in [0.29, 0.717) is 24.1 Å². The van der Waals surface area contributed by atoms with Crippen LogP contribution < -0.4 is 15.4 Å². The summed E-state index contributed by atoms with van der Waals surface area (Å²) in [5.74, 6) is 0.812. The molecule has 0 spiro atoms. The first-order valence-electron chi connectivity index (χ1n) is 8.39. The van der Waals surface area contributed by atoms with E-state index in [0.717, 1.165) is 35.0 Å². The summed E-state index contributed by atoms with van der Waals surface area (Å²) in [7, 11) is 0. The number of hydrogen-bond donors (Lipinski definition) is 2. The lowest BCUT2D eigenvalue weighted by atomic mass is 10.2. The number of benzene rings is 1. The number of nitrogens with zero attached hydrogens (tertiary/aromatic N) is 1. The highest BCUT2D eigenvalue weighted by atomic mass is 32.1. The molecule has 0 aliphatic carbocycles. The number of carbonyl (C=O) groups is 1. The van der Waals surface area contributed by atoms with Crippen molar-refractivity contribution in [2.75, 3.05) is 19.7 Å². The van der Waals surface area contributed by atoms with Crippen LogP contribution in [0.4, 0.5) is 0 Å². The van der Waals surface area contributed by atoms with Crippen molar-refractivity contribution in [2.24, 2.45) is 0 Å². The van der Waals surface area contributed by atoms with E-state index in [1.54, 1.807) is 0 Å². The molecule has 1 unspecified atom stereocenters. The summed E-state index contributed by atoms with van der Waals surface area (Å²) in [6.45, 7) is 6.22. The molecule has 1 aromatic carbocycles. The van der Waals surface area contributed by atoms with E-state index in [-0.39, 0.29) is 5.91 Å². The molecule has 0 saturated carbocycles. The van der Waals surface area contributed by atoms with Crippen molar-refractivity contribution in [3.8, 4) is 16.3 Å². The van der Waals surface area contributed by atoms with Gasteiger partial charge in [-0.2, -0.15) is 0 Å². The smallest absolute Gasteiger partial charge is 0.263 e. The van der Waals surface area contributed by atoms with Crippen LogP contribution in [0.15, 0.2) is 24.3 Å². The second kappa shape index (κ2) is 7.77. The molecule has 1 amide bonds. The van der Waals surface area contributed by atoms with E-state index in [4.69, 9.17) is 4.74 Å². The fraction of sp³-hybridized carbons (Fsp3) is 0.444. The van der Waals surface area contributed by atoms with Crippen molar-refractivity contribution in [3.05, 3.63) is 34.8 Å². The average Bonchev–Trinajstić information content (AvgIpc) is 3.23. The lowest BCUT2D eigenvalue weighted by molar-refractivity contribution is 0.0953. The monoisotopic (exact) mass is 345 g/mol. The second-order valence-corrected chi connectivity index (χ2v) is 6.89. The largest absolute Gasteiger partial charge is 0.494 e. The summed E-state index contributed by atoms with van der Waals surface area (Å²) in [5.41, 5.74) is 1.78. The van der Waals surface area contributed by atoms with Crippen LogP contribution in [0.2, 0.25) is 0 Å². The van der Waals surface area contributed by atoms with Gasteiger partial charge < -0.3 is 15.4 Å². The average molecular weight is 345 g/mol. The Bertz CT molecular complexity index is 691. The standard InChI is InChI=1S/C18H23N3O2S/c1-3-23-15-8-6-13(7-9-15)18-21-12(2)16(24-18)17(22)20-11-14-5-4-10-19-14/h6-9,14,19H,3-5,10-11H2,1-2H3,(H,20,22). The number of hydrogen-bond acceptors (Lipinski definition) is 5. The summed E-state index contributed by atoms with van der Waals surface area (Å²) in [6.07, 6.45) is 2.31. The number of carbonyl (C=O) groups excluding carboxylic acids is 1. The fourth-order valence-electron chi connectivity index (χ4n) is 2.82. The normalized spacial score (nSPS) is 17.0. The van der Waals surface area contributed by atoms with E-state index in [9.17, 15) is 4.79 Å². The third-order valence-electron chi connectivity index (χ3n) is 4.09. The SMILES string of the molecule is CCOc1ccc(-c2nc(C)c(C(=O)NCC3CCCN3)s2)cc1. The summed E-state index contributed by atoms with van der Waals surface area (Å²) < 4.78 is 5.46. The Morgan fingerprint density at radius 1 is 1.42 bits per heavy atom. The molecule has 128 valence electrons. The van der Waals surface area contributed by atoms with Crippen LogP contribution in [0.3, 0.4) is 0 Å². The summed E-state index contributed by atoms with van der Waals surface area (Å²) >= 11 is 1.44. The maximum atomic E-state index is 12.4. The van der Waals surface area contributed by atoms with E-state index in [1.807, 2.05) is 38.1 Å². The van der Waals surface area contributed by atoms with Gasteiger partial charge in [0, 0.05) is 18.2 Å². The minimum Gasteiger partial charge on any atom is -0.494 e.